The standard InChI is InChI=1S/C18H20F2N2O3S/c1-21(2)26(23,24)16-5-3-13-11-22(7-8-25-18(13)10-16)12-14-9-15(19)4-6-17(14)20/h3-6,9-10H,7-8,11-12H2,1-2H3. The van der Waals surface area contributed by atoms with Crippen LogP contribution in [0.2, 0.25) is 0 Å². The lowest BCUT2D eigenvalue weighted by Crippen LogP contribution is -2.29. The van der Waals surface area contributed by atoms with Gasteiger partial charge in [-0.3, -0.25) is 4.90 Å². The van der Waals surface area contributed by atoms with Gasteiger partial charge in [0.15, 0.2) is 15.3 Å². The van der Waals surface area contributed by atoms with E-state index in [1.54, 1.807) is 6.07 Å². The number of fused-ring (bicyclic) bond motifs is 1. The predicted octanol–water partition coefficient (Wildman–Crippen LogP) is 2.82. The molecular weight excluding hydrogens is 362 g/mol. The topological polar surface area (TPSA) is 55.8 Å². The van der Waals surface area contributed by atoms with Crippen molar-refractivity contribution in [1.82, 2.24) is 9.21 Å². The highest BCUT2D eigenvalue weighted by atomic mass is 32.3. The average molecular weight is 382 g/mol. The summed E-state index contributed by atoms with van der Waals surface area (Å²) in [5.41, 5.74) is 1.08. The lowest BCUT2D eigenvalue weighted by Gasteiger charge is -2.21. The van der Waals surface area contributed by atoms with Crippen LogP contribution in [0.1, 0.15) is 11.1 Å². The molecule has 0 amide bonds. The molecule has 2 aromatic rings. The van der Waals surface area contributed by atoms with Crippen LogP contribution < -0.4 is 4.74 Å². The molecule has 1 aliphatic heterocycles. The second-order valence-corrected chi connectivity index (χ2v) is 8.50. The quantitative estimate of drug-likeness (QED) is 0.763. The van der Waals surface area contributed by atoms with Crippen LogP contribution in [0.25, 0.3) is 0 Å². The largest absolute Gasteiger partial charge is 0.593 e. The number of sulfonamides is 1. The molecule has 26 heavy (non-hydrogen) atoms. The Hall–Kier alpha value is -1.87. The number of nitrogens with zero attached hydrogens (tertiary/aromatic N) is 2. The third kappa shape index (κ3) is 3.93. The molecule has 3 rings (SSSR count). The zero-order valence-electron chi connectivity index (χ0n) is 14.6. The first kappa shape index (κ1) is 18.9. The van der Waals surface area contributed by atoms with Crippen molar-refractivity contribution in [1.29, 1.82) is 0 Å². The molecule has 8 heteroatoms. The molecule has 0 fully saturated rings. The van der Waals surface area contributed by atoms with E-state index in [9.17, 15) is 17.5 Å². The van der Waals surface area contributed by atoms with Gasteiger partial charge in [0.2, 0.25) is 0 Å². The van der Waals surface area contributed by atoms with E-state index >= 15 is 0 Å². The Morgan fingerprint density at radius 1 is 1.23 bits per heavy atom. The summed E-state index contributed by atoms with van der Waals surface area (Å²) < 4.78 is 58.6. The molecular formula is C18H20F2N2O3S. The van der Waals surface area contributed by atoms with E-state index < -0.39 is 22.0 Å². The summed E-state index contributed by atoms with van der Waals surface area (Å²) in [6.45, 7) is 1.54. The highest BCUT2D eigenvalue weighted by Gasteiger charge is 2.26. The van der Waals surface area contributed by atoms with Crippen molar-refractivity contribution in [2.24, 2.45) is 0 Å². The number of rotatable bonds is 4. The van der Waals surface area contributed by atoms with E-state index in [1.165, 1.54) is 32.3 Å². The van der Waals surface area contributed by atoms with Crippen LogP contribution >= 0.6 is 0 Å². The van der Waals surface area contributed by atoms with E-state index in [0.717, 1.165) is 22.0 Å². The molecule has 0 radical (unpaired) electrons. The van der Waals surface area contributed by atoms with Gasteiger partial charge in [-0.1, -0.05) is 4.21 Å². The van der Waals surface area contributed by atoms with Gasteiger partial charge in [-0.05, 0) is 30.3 Å². The molecule has 5 nitrogen and oxygen atoms in total. The Balaban J connectivity index is 1.83. The SMILES string of the molecule is CN(C)[S+](=O)([O-])c1ccc2c(c1)OCCN(Cc1cc(F)ccc1F)C2. The van der Waals surface area contributed by atoms with Gasteiger partial charge < -0.3 is 9.29 Å². The first-order valence-corrected chi connectivity index (χ1v) is 9.56. The maximum absolute atomic E-state index is 13.9. The van der Waals surface area contributed by atoms with Crippen molar-refractivity contribution in [2.75, 3.05) is 27.2 Å². The van der Waals surface area contributed by atoms with E-state index in [0.29, 0.717) is 25.4 Å². The molecule has 0 saturated carbocycles. The molecule has 0 N–H and O–H groups in total. The molecule has 1 atom stereocenters. The monoisotopic (exact) mass is 382 g/mol. The summed E-state index contributed by atoms with van der Waals surface area (Å²) in [7, 11) is -0.608. The maximum Gasteiger partial charge on any atom is 0.179 e. The van der Waals surface area contributed by atoms with Crippen molar-refractivity contribution in [3.63, 3.8) is 0 Å². The van der Waals surface area contributed by atoms with Gasteiger partial charge >= 0.3 is 0 Å². The summed E-state index contributed by atoms with van der Waals surface area (Å²) >= 11 is 0. The Morgan fingerprint density at radius 3 is 2.73 bits per heavy atom. The third-order valence-corrected chi connectivity index (χ3v) is 6.09. The number of halogens is 2. The van der Waals surface area contributed by atoms with Crippen LogP contribution in [-0.2, 0) is 27.7 Å². The smallest absolute Gasteiger partial charge is 0.179 e. The fraction of sp³-hybridized carbons (Fsp3) is 0.333. The molecule has 0 aromatic heterocycles. The zero-order chi connectivity index (χ0) is 18.9. The summed E-state index contributed by atoms with van der Waals surface area (Å²) in [4.78, 5) is 2.09. The van der Waals surface area contributed by atoms with Gasteiger partial charge in [-0.15, -0.1) is 4.31 Å². The van der Waals surface area contributed by atoms with Gasteiger partial charge in [0.25, 0.3) is 0 Å². The van der Waals surface area contributed by atoms with E-state index in [1.807, 2.05) is 4.90 Å². The molecule has 0 aliphatic carbocycles. The molecule has 1 unspecified atom stereocenters. The first-order valence-electron chi connectivity index (χ1n) is 8.12. The van der Waals surface area contributed by atoms with Gasteiger partial charge in [-0.25, -0.2) is 8.78 Å². The van der Waals surface area contributed by atoms with Crippen LogP contribution in [0.3, 0.4) is 0 Å². The minimum Gasteiger partial charge on any atom is -0.593 e. The van der Waals surface area contributed by atoms with Crippen molar-refractivity contribution in [3.05, 3.63) is 59.2 Å². The zero-order valence-corrected chi connectivity index (χ0v) is 15.4. The molecule has 0 spiro atoms. The summed E-state index contributed by atoms with van der Waals surface area (Å²) in [5, 5.41) is 0. The van der Waals surface area contributed by atoms with E-state index in [4.69, 9.17) is 4.74 Å². The summed E-state index contributed by atoms with van der Waals surface area (Å²) in [5.74, 6) is -0.439. The van der Waals surface area contributed by atoms with Gasteiger partial charge in [0.05, 0.1) is 0 Å². The molecule has 140 valence electrons. The summed E-state index contributed by atoms with van der Waals surface area (Å²) in [6.07, 6.45) is 0. The Kier molecular flexibility index (Phi) is 5.38. The predicted molar refractivity (Wildman–Crippen MR) is 93.2 cm³/mol. The van der Waals surface area contributed by atoms with Gasteiger partial charge in [0.1, 0.15) is 24.0 Å². The molecule has 1 aliphatic rings. The maximum atomic E-state index is 13.9. The number of benzene rings is 2. The van der Waals surface area contributed by atoms with Crippen molar-refractivity contribution in [2.45, 2.75) is 18.0 Å². The van der Waals surface area contributed by atoms with E-state index in [-0.39, 0.29) is 17.0 Å². The third-order valence-electron chi connectivity index (χ3n) is 4.28. The lowest BCUT2D eigenvalue weighted by atomic mass is 10.1. The molecule has 1 heterocycles. The second-order valence-electron chi connectivity index (χ2n) is 6.35. The Labute approximate surface area is 152 Å². The van der Waals surface area contributed by atoms with Crippen molar-refractivity contribution in [3.8, 4) is 5.75 Å². The highest BCUT2D eigenvalue weighted by molar-refractivity contribution is 7.95. The molecule has 0 bridgehead atoms. The Bertz CT molecular complexity index is 860. The lowest BCUT2D eigenvalue weighted by molar-refractivity contribution is 0.217. The van der Waals surface area contributed by atoms with Crippen LogP contribution in [0.5, 0.6) is 5.75 Å². The fourth-order valence-electron chi connectivity index (χ4n) is 2.82. The Morgan fingerprint density at radius 2 is 2.00 bits per heavy atom. The molecule has 0 saturated heterocycles. The number of hydrogen-bond acceptors (Lipinski definition) is 4. The summed E-state index contributed by atoms with van der Waals surface area (Å²) in [6, 6.07) is 8.14. The van der Waals surface area contributed by atoms with Crippen LogP contribution in [0, 0.1) is 11.6 Å². The van der Waals surface area contributed by atoms with Crippen LogP contribution in [0.15, 0.2) is 41.3 Å². The minimum absolute atomic E-state index is 0.158. The van der Waals surface area contributed by atoms with E-state index in [2.05, 4.69) is 0 Å². The fourth-order valence-corrected chi connectivity index (χ4v) is 3.73. The molecule has 2 aromatic carbocycles. The van der Waals surface area contributed by atoms with Gasteiger partial charge in [0, 0.05) is 50.9 Å². The normalized spacial score (nSPS) is 17.3. The minimum atomic E-state index is -3.55. The van der Waals surface area contributed by atoms with Crippen molar-refractivity contribution >= 4 is 10.4 Å². The number of hydrogen-bond donors (Lipinski definition) is 0. The number of ether oxygens (including phenoxy) is 1. The van der Waals surface area contributed by atoms with Crippen LogP contribution in [-0.4, -0.2) is 41.0 Å². The highest BCUT2D eigenvalue weighted by Crippen LogP contribution is 2.30. The van der Waals surface area contributed by atoms with Gasteiger partial charge in [-0.2, -0.15) is 0 Å². The average Bonchev–Trinajstić information content (AvgIpc) is 2.79. The second kappa shape index (κ2) is 7.40. The van der Waals surface area contributed by atoms with Crippen molar-refractivity contribution < 1.29 is 22.3 Å². The first-order chi connectivity index (χ1) is 12.3. The van der Waals surface area contributed by atoms with Crippen LogP contribution in [0.4, 0.5) is 8.78 Å².